The van der Waals surface area contributed by atoms with Crippen molar-refractivity contribution in [2.75, 3.05) is 0 Å². The van der Waals surface area contributed by atoms with Crippen molar-refractivity contribution in [3.8, 4) is 0 Å². The topological polar surface area (TPSA) is 93.1 Å². The summed E-state index contributed by atoms with van der Waals surface area (Å²) in [6.07, 6.45) is 6.32. The van der Waals surface area contributed by atoms with Crippen LogP contribution < -0.4 is 0 Å². The first-order valence-electron chi connectivity index (χ1n) is 15.3. The molecule has 0 saturated heterocycles. The summed E-state index contributed by atoms with van der Waals surface area (Å²) in [7, 11) is 0. The van der Waals surface area contributed by atoms with Gasteiger partial charge in [-0.25, -0.2) is 4.79 Å². The molecular weight excluding hydrogens is 480 g/mol. The standard InChI is InChI=1S/C32H50O6/c1-8-19(33)15-25(35)38-24-17-22-30(5)13-10-12-29(4,9-2)21(30)11-14-31(22,6)23-16-20(34)26-18(3)37-28(36)27(26)32(23,24)7/h18-24,33-34H,8-17H2,1-7H3/t18-,19?,20-,21+,22-,23+,24-,29+,30+,31-,32-/m1/s1. The van der Waals surface area contributed by atoms with Gasteiger partial charge in [-0.15, -0.1) is 0 Å². The summed E-state index contributed by atoms with van der Waals surface area (Å²) in [5.41, 5.74) is 0.815. The third-order valence-corrected chi connectivity index (χ3v) is 12.8. The second kappa shape index (κ2) is 9.33. The van der Waals surface area contributed by atoms with Gasteiger partial charge in [0.05, 0.1) is 24.2 Å². The van der Waals surface area contributed by atoms with Gasteiger partial charge < -0.3 is 19.7 Å². The zero-order valence-electron chi connectivity index (χ0n) is 24.6. The minimum absolute atomic E-state index is 0.0122. The molecule has 4 aliphatic carbocycles. The van der Waals surface area contributed by atoms with E-state index in [-0.39, 0.29) is 29.1 Å². The average molecular weight is 531 g/mol. The summed E-state index contributed by atoms with van der Waals surface area (Å²) in [6, 6.07) is 0. The number of ether oxygens (including phenoxy) is 2. The summed E-state index contributed by atoms with van der Waals surface area (Å²) in [5, 5.41) is 21.6. The first kappa shape index (κ1) is 28.1. The van der Waals surface area contributed by atoms with Crippen molar-refractivity contribution < 1.29 is 29.3 Å². The fourth-order valence-corrected chi connectivity index (χ4v) is 10.7. The smallest absolute Gasteiger partial charge is 0.335 e. The maximum Gasteiger partial charge on any atom is 0.335 e. The maximum atomic E-state index is 13.4. The third kappa shape index (κ3) is 3.78. The van der Waals surface area contributed by atoms with Crippen LogP contribution >= 0.6 is 0 Å². The summed E-state index contributed by atoms with van der Waals surface area (Å²) in [6.45, 7) is 15.5. The van der Waals surface area contributed by atoms with E-state index in [9.17, 15) is 19.8 Å². The molecule has 11 atom stereocenters. The number of aliphatic hydroxyl groups excluding tert-OH is 2. The highest BCUT2D eigenvalue weighted by Gasteiger charge is 2.71. The number of carbonyl (C=O) groups excluding carboxylic acids is 2. The van der Waals surface area contributed by atoms with Crippen LogP contribution in [0.15, 0.2) is 11.1 Å². The van der Waals surface area contributed by atoms with E-state index in [2.05, 4.69) is 34.6 Å². The zero-order valence-corrected chi connectivity index (χ0v) is 24.6. The van der Waals surface area contributed by atoms with Crippen LogP contribution in [0.3, 0.4) is 0 Å². The molecule has 3 fully saturated rings. The normalized spacial score (nSPS) is 48.8. The van der Waals surface area contributed by atoms with Crippen LogP contribution in [0.5, 0.6) is 0 Å². The van der Waals surface area contributed by atoms with Crippen LogP contribution in [0.2, 0.25) is 0 Å². The molecule has 0 aromatic heterocycles. The van der Waals surface area contributed by atoms with Crippen LogP contribution in [0.25, 0.3) is 0 Å². The first-order chi connectivity index (χ1) is 17.8. The lowest BCUT2D eigenvalue weighted by Gasteiger charge is -2.70. The molecule has 0 aromatic carbocycles. The van der Waals surface area contributed by atoms with Crippen molar-refractivity contribution in [1.82, 2.24) is 0 Å². The Kier molecular flexibility index (Phi) is 6.91. The van der Waals surface area contributed by atoms with Crippen molar-refractivity contribution in [2.45, 2.75) is 137 Å². The summed E-state index contributed by atoms with van der Waals surface area (Å²) < 4.78 is 12.0. The van der Waals surface area contributed by atoms with E-state index in [4.69, 9.17) is 9.47 Å². The predicted octanol–water partition coefficient (Wildman–Crippen LogP) is 5.73. The molecular formula is C32H50O6. The van der Waals surface area contributed by atoms with Crippen LogP contribution in [0.4, 0.5) is 0 Å². The van der Waals surface area contributed by atoms with Crippen LogP contribution in [0, 0.1) is 39.4 Å². The van der Waals surface area contributed by atoms with E-state index in [1.807, 2.05) is 13.8 Å². The Morgan fingerprint density at radius 3 is 2.39 bits per heavy atom. The van der Waals surface area contributed by atoms with E-state index in [1.165, 1.54) is 25.7 Å². The van der Waals surface area contributed by atoms with Crippen LogP contribution in [-0.2, 0) is 19.1 Å². The lowest BCUT2D eigenvalue weighted by atomic mass is 9.34. The van der Waals surface area contributed by atoms with E-state index in [0.717, 1.165) is 12.8 Å². The largest absolute Gasteiger partial charge is 0.461 e. The highest BCUT2D eigenvalue weighted by Crippen LogP contribution is 2.74. The number of fused-ring (bicyclic) bond motifs is 6. The molecule has 0 spiro atoms. The van der Waals surface area contributed by atoms with Gasteiger partial charge in [-0.1, -0.05) is 54.4 Å². The van der Waals surface area contributed by atoms with Gasteiger partial charge >= 0.3 is 11.9 Å². The zero-order chi connectivity index (χ0) is 27.8. The fourth-order valence-electron chi connectivity index (χ4n) is 10.7. The molecule has 2 N–H and O–H groups in total. The van der Waals surface area contributed by atoms with Crippen molar-refractivity contribution >= 4 is 11.9 Å². The third-order valence-electron chi connectivity index (χ3n) is 12.8. The van der Waals surface area contributed by atoms with Crippen molar-refractivity contribution in [3.05, 3.63) is 11.1 Å². The van der Waals surface area contributed by atoms with E-state index in [1.54, 1.807) is 0 Å². The molecule has 6 nitrogen and oxygen atoms in total. The number of esters is 2. The SMILES string of the molecule is CCC(O)CC(=O)O[C@@H]1C[C@@H]2[C@@]3(C)CCC[C@](C)(CC)[C@@H]3CC[C@@]2(C)[C@@H]2C[C@@H](O)C3=C(C(=O)O[C@@H]3C)[C@@]12C. The van der Waals surface area contributed by atoms with E-state index in [0.29, 0.717) is 47.7 Å². The number of cyclic esters (lactones) is 1. The second-order valence-corrected chi connectivity index (χ2v) is 14.5. The molecule has 1 unspecified atom stereocenters. The molecule has 6 heteroatoms. The molecule has 5 aliphatic rings. The summed E-state index contributed by atoms with van der Waals surface area (Å²) in [4.78, 5) is 26.6. The van der Waals surface area contributed by atoms with Gasteiger partial charge in [-0.3, -0.25) is 4.79 Å². The summed E-state index contributed by atoms with van der Waals surface area (Å²) >= 11 is 0. The number of aliphatic hydroxyl groups is 2. The van der Waals surface area contributed by atoms with Gasteiger partial charge in [-0.2, -0.15) is 0 Å². The van der Waals surface area contributed by atoms with Gasteiger partial charge in [0.2, 0.25) is 0 Å². The Hall–Kier alpha value is -1.40. The molecule has 0 aromatic rings. The Morgan fingerprint density at radius 2 is 1.74 bits per heavy atom. The number of hydrogen-bond acceptors (Lipinski definition) is 6. The first-order valence-corrected chi connectivity index (χ1v) is 15.3. The number of rotatable bonds is 5. The summed E-state index contributed by atoms with van der Waals surface area (Å²) in [5.74, 6) is 0.138. The van der Waals surface area contributed by atoms with E-state index >= 15 is 0 Å². The van der Waals surface area contributed by atoms with Crippen molar-refractivity contribution in [1.29, 1.82) is 0 Å². The Morgan fingerprint density at radius 1 is 1.05 bits per heavy atom. The minimum atomic E-state index is -0.737. The molecule has 1 aliphatic heterocycles. The van der Waals surface area contributed by atoms with Gasteiger partial charge in [0.1, 0.15) is 12.2 Å². The van der Waals surface area contributed by atoms with E-state index < -0.39 is 35.8 Å². The molecule has 0 bridgehead atoms. The Balaban J connectivity index is 1.63. The van der Waals surface area contributed by atoms with Gasteiger partial charge in [0.15, 0.2) is 0 Å². The Bertz CT molecular complexity index is 1020. The molecule has 0 radical (unpaired) electrons. The minimum Gasteiger partial charge on any atom is -0.461 e. The molecule has 1 heterocycles. The van der Waals surface area contributed by atoms with Gasteiger partial charge in [0.25, 0.3) is 0 Å². The van der Waals surface area contributed by atoms with Gasteiger partial charge in [0, 0.05) is 11.0 Å². The molecule has 38 heavy (non-hydrogen) atoms. The maximum absolute atomic E-state index is 13.4. The van der Waals surface area contributed by atoms with Crippen molar-refractivity contribution in [3.63, 3.8) is 0 Å². The highest BCUT2D eigenvalue weighted by atomic mass is 16.6. The number of carbonyl (C=O) groups is 2. The fraction of sp³-hybridized carbons (Fsp3) is 0.875. The van der Waals surface area contributed by atoms with Gasteiger partial charge in [-0.05, 0) is 85.9 Å². The predicted molar refractivity (Wildman–Crippen MR) is 145 cm³/mol. The quantitative estimate of drug-likeness (QED) is 0.441. The van der Waals surface area contributed by atoms with Crippen molar-refractivity contribution in [2.24, 2.45) is 39.4 Å². The number of hydrogen-bond donors (Lipinski definition) is 2. The average Bonchev–Trinajstić information content (AvgIpc) is 3.16. The molecule has 214 valence electrons. The van der Waals surface area contributed by atoms with Crippen LogP contribution in [-0.4, -0.2) is 46.6 Å². The second-order valence-electron chi connectivity index (χ2n) is 14.5. The lowest BCUT2D eigenvalue weighted by molar-refractivity contribution is -0.232. The monoisotopic (exact) mass is 530 g/mol. The molecule has 0 amide bonds. The van der Waals surface area contributed by atoms with Crippen LogP contribution in [0.1, 0.15) is 113 Å². The molecule has 5 rings (SSSR count). The Labute approximate surface area is 228 Å². The lowest BCUT2D eigenvalue weighted by Crippen LogP contribution is -2.67. The highest BCUT2D eigenvalue weighted by molar-refractivity contribution is 5.94. The molecule has 3 saturated carbocycles.